The highest BCUT2D eigenvalue weighted by Crippen LogP contribution is 2.29. The second-order valence-electron chi connectivity index (χ2n) is 4.87. The van der Waals surface area contributed by atoms with Crippen LogP contribution in [0.2, 0.25) is 0 Å². The van der Waals surface area contributed by atoms with Crippen LogP contribution >= 0.6 is 11.3 Å². The van der Waals surface area contributed by atoms with Gasteiger partial charge in [0.05, 0.1) is 10.6 Å². The van der Waals surface area contributed by atoms with Crippen molar-refractivity contribution in [2.75, 3.05) is 11.4 Å². The Hall–Kier alpha value is -1.63. The molecule has 0 amide bonds. The zero-order valence-corrected chi connectivity index (χ0v) is 12.6. The standard InChI is InChI=1S/C14H16F3N3S/c1-10(2)20(7-5-13-18-6-8-21-13)12-4-3-11(9-19-12)14(15,16)17/h3-4,6,8-10H,5,7H2,1-2H3. The van der Waals surface area contributed by atoms with Crippen LogP contribution in [0.5, 0.6) is 0 Å². The third-order valence-corrected chi connectivity index (χ3v) is 3.88. The molecule has 0 radical (unpaired) electrons. The number of anilines is 1. The number of nitrogens with zero attached hydrogens (tertiary/aromatic N) is 3. The van der Waals surface area contributed by atoms with E-state index in [2.05, 4.69) is 9.97 Å². The highest BCUT2D eigenvalue weighted by atomic mass is 32.1. The Labute approximate surface area is 125 Å². The van der Waals surface area contributed by atoms with Crippen LogP contribution in [0.1, 0.15) is 24.4 Å². The average Bonchev–Trinajstić information content (AvgIpc) is 2.91. The lowest BCUT2D eigenvalue weighted by atomic mass is 10.2. The molecule has 2 heterocycles. The Morgan fingerprint density at radius 3 is 2.48 bits per heavy atom. The summed E-state index contributed by atoms with van der Waals surface area (Å²) in [4.78, 5) is 10.1. The van der Waals surface area contributed by atoms with Crippen LogP contribution in [-0.4, -0.2) is 22.6 Å². The molecule has 0 spiro atoms. The number of pyridine rings is 1. The van der Waals surface area contributed by atoms with Gasteiger partial charge in [0.1, 0.15) is 5.82 Å². The van der Waals surface area contributed by atoms with Crippen LogP contribution in [0.4, 0.5) is 19.0 Å². The normalized spacial score (nSPS) is 11.9. The van der Waals surface area contributed by atoms with Gasteiger partial charge in [-0.1, -0.05) is 0 Å². The second-order valence-corrected chi connectivity index (χ2v) is 5.84. The average molecular weight is 315 g/mol. The van der Waals surface area contributed by atoms with Crippen molar-refractivity contribution >= 4 is 17.2 Å². The molecule has 0 aliphatic carbocycles. The van der Waals surface area contributed by atoms with Crippen molar-refractivity contribution in [3.8, 4) is 0 Å². The smallest absolute Gasteiger partial charge is 0.354 e. The summed E-state index contributed by atoms with van der Waals surface area (Å²) in [5.41, 5.74) is -0.727. The van der Waals surface area contributed by atoms with Crippen molar-refractivity contribution in [2.24, 2.45) is 0 Å². The summed E-state index contributed by atoms with van der Waals surface area (Å²) in [5.74, 6) is 0.551. The zero-order chi connectivity index (χ0) is 15.5. The fourth-order valence-corrected chi connectivity index (χ4v) is 2.56. The van der Waals surface area contributed by atoms with E-state index in [9.17, 15) is 13.2 Å². The molecule has 0 aliphatic heterocycles. The first-order valence-corrected chi connectivity index (χ1v) is 7.44. The topological polar surface area (TPSA) is 29.0 Å². The second kappa shape index (κ2) is 6.43. The maximum Gasteiger partial charge on any atom is 0.417 e. The first-order chi connectivity index (χ1) is 9.88. The summed E-state index contributed by atoms with van der Waals surface area (Å²) >= 11 is 1.57. The van der Waals surface area contributed by atoms with Gasteiger partial charge in [-0.05, 0) is 26.0 Å². The number of halogens is 3. The van der Waals surface area contributed by atoms with Crippen LogP contribution in [-0.2, 0) is 12.6 Å². The van der Waals surface area contributed by atoms with E-state index >= 15 is 0 Å². The maximum atomic E-state index is 12.6. The molecule has 114 valence electrons. The van der Waals surface area contributed by atoms with Crippen molar-refractivity contribution in [2.45, 2.75) is 32.5 Å². The summed E-state index contributed by atoms with van der Waals surface area (Å²) in [7, 11) is 0. The van der Waals surface area contributed by atoms with Crippen molar-refractivity contribution in [1.29, 1.82) is 0 Å². The summed E-state index contributed by atoms with van der Waals surface area (Å²) in [6.45, 7) is 4.64. The Morgan fingerprint density at radius 2 is 2.00 bits per heavy atom. The molecule has 0 saturated carbocycles. The molecule has 2 rings (SSSR count). The van der Waals surface area contributed by atoms with Crippen LogP contribution in [0, 0.1) is 0 Å². The van der Waals surface area contributed by atoms with Gasteiger partial charge in [0, 0.05) is 36.8 Å². The third-order valence-electron chi connectivity index (χ3n) is 3.04. The van der Waals surface area contributed by atoms with Gasteiger partial charge in [-0.15, -0.1) is 11.3 Å². The highest BCUT2D eigenvalue weighted by Gasteiger charge is 2.31. The number of aromatic nitrogens is 2. The van der Waals surface area contributed by atoms with E-state index in [0.717, 1.165) is 23.7 Å². The number of alkyl halides is 3. The minimum atomic E-state index is -4.35. The molecule has 7 heteroatoms. The first-order valence-electron chi connectivity index (χ1n) is 6.56. The van der Waals surface area contributed by atoms with E-state index in [4.69, 9.17) is 0 Å². The van der Waals surface area contributed by atoms with Gasteiger partial charge in [0.2, 0.25) is 0 Å². The SMILES string of the molecule is CC(C)N(CCc1nccs1)c1ccc(C(F)(F)F)cn1. The minimum Gasteiger partial charge on any atom is -0.354 e. The molecule has 3 nitrogen and oxygen atoms in total. The molecule has 0 unspecified atom stereocenters. The lowest BCUT2D eigenvalue weighted by Gasteiger charge is -2.27. The summed E-state index contributed by atoms with van der Waals surface area (Å²) in [5, 5.41) is 2.92. The van der Waals surface area contributed by atoms with Gasteiger partial charge in [-0.25, -0.2) is 9.97 Å². The predicted octanol–water partition coefficient (Wildman–Crippen LogP) is 4.01. The lowest BCUT2D eigenvalue weighted by molar-refractivity contribution is -0.137. The Morgan fingerprint density at radius 1 is 1.24 bits per heavy atom. The summed E-state index contributed by atoms with van der Waals surface area (Å²) in [6.07, 6.45) is -0.974. The molecule has 21 heavy (non-hydrogen) atoms. The Kier molecular flexibility index (Phi) is 4.82. The van der Waals surface area contributed by atoms with Gasteiger partial charge in [-0.2, -0.15) is 13.2 Å². The van der Waals surface area contributed by atoms with Gasteiger partial charge < -0.3 is 4.90 Å². The molecular weight excluding hydrogens is 299 g/mol. The van der Waals surface area contributed by atoms with Gasteiger partial charge in [0.15, 0.2) is 0 Å². The van der Waals surface area contributed by atoms with Crippen LogP contribution < -0.4 is 4.90 Å². The van der Waals surface area contributed by atoms with Crippen molar-refractivity contribution in [3.05, 3.63) is 40.5 Å². The van der Waals surface area contributed by atoms with E-state index in [1.54, 1.807) is 17.5 Å². The molecule has 0 atom stereocenters. The van der Waals surface area contributed by atoms with Crippen molar-refractivity contribution in [1.82, 2.24) is 9.97 Å². The van der Waals surface area contributed by atoms with E-state index in [1.807, 2.05) is 24.1 Å². The number of thiazole rings is 1. The number of hydrogen-bond acceptors (Lipinski definition) is 4. The van der Waals surface area contributed by atoms with Crippen molar-refractivity contribution < 1.29 is 13.2 Å². The minimum absolute atomic E-state index is 0.147. The molecule has 0 saturated heterocycles. The molecule has 0 aliphatic rings. The van der Waals surface area contributed by atoms with E-state index in [1.165, 1.54) is 6.07 Å². The van der Waals surface area contributed by atoms with Crippen LogP contribution in [0.25, 0.3) is 0 Å². The van der Waals surface area contributed by atoms with Crippen LogP contribution in [0.3, 0.4) is 0 Å². The van der Waals surface area contributed by atoms with Gasteiger partial charge >= 0.3 is 6.18 Å². The Bertz CT molecular complexity index is 550. The van der Waals surface area contributed by atoms with Gasteiger partial charge in [-0.3, -0.25) is 0 Å². The fraction of sp³-hybridized carbons (Fsp3) is 0.429. The quantitative estimate of drug-likeness (QED) is 0.834. The molecule has 0 N–H and O–H groups in total. The monoisotopic (exact) mass is 315 g/mol. The fourth-order valence-electron chi connectivity index (χ4n) is 1.95. The highest BCUT2D eigenvalue weighted by molar-refractivity contribution is 7.09. The maximum absolute atomic E-state index is 12.6. The first kappa shape index (κ1) is 15.8. The largest absolute Gasteiger partial charge is 0.417 e. The zero-order valence-electron chi connectivity index (χ0n) is 11.8. The molecule has 2 aromatic heterocycles. The molecular formula is C14H16F3N3S. The predicted molar refractivity (Wildman–Crippen MR) is 77.5 cm³/mol. The number of rotatable bonds is 5. The van der Waals surface area contributed by atoms with Crippen molar-refractivity contribution in [3.63, 3.8) is 0 Å². The van der Waals surface area contributed by atoms with E-state index in [-0.39, 0.29) is 6.04 Å². The molecule has 0 bridgehead atoms. The summed E-state index contributed by atoms with van der Waals surface area (Å²) < 4.78 is 37.7. The lowest BCUT2D eigenvalue weighted by Crippen LogP contribution is -2.33. The summed E-state index contributed by atoms with van der Waals surface area (Å²) in [6, 6.07) is 2.64. The van der Waals surface area contributed by atoms with Gasteiger partial charge in [0.25, 0.3) is 0 Å². The van der Waals surface area contributed by atoms with Crippen LogP contribution in [0.15, 0.2) is 29.9 Å². The Balaban J connectivity index is 2.11. The number of hydrogen-bond donors (Lipinski definition) is 0. The molecule has 0 fully saturated rings. The molecule has 2 aromatic rings. The van der Waals surface area contributed by atoms with E-state index in [0.29, 0.717) is 12.4 Å². The van der Waals surface area contributed by atoms with E-state index < -0.39 is 11.7 Å². The molecule has 0 aromatic carbocycles. The third kappa shape index (κ3) is 4.17.